The van der Waals surface area contributed by atoms with Crippen molar-refractivity contribution < 1.29 is 14.1 Å². The summed E-state index contributed by atoms with van der Waals surface area (Å²) in [5, 5.41) is 7.44. The predicted octanol–water partition coefficient (Wildman–Crippen LogP) is 3.83. The van der Waals surface area contributed by atoms with Gasteiger partial charge in [-0.25, -0.2) is 0 Å². The number of rotatable bonds is 5. The molecule has 1 aliphatic heterocycles. The summed E-state index contributed by atoms with van der Waals surface area (Å²) in [7, 11) is 0. The molecule has 2 aromatic carbocycles. The maximum Gasteiger partial charge on any atom is 0.251 e. The zero-order chi connectivity index (χ0) is 21.8. The molecule has 0 radical (unpaired) electrons. The van der Waals surface area contributed by atoms with E-state index in [0.29, 0.717) is 35.4 Å². The average Bonchev–Trinajstić information content (AvgIpc) is 3.30. The van der Waals surface area contributed by atoms with Gasteiger partial charge in [-0.15, -0.1) is 0 Å². The first kappa shape index (κ1) is 21.1. The lowest BCUT2D eigenvalue weighted by Crippen LogP contribution is -2.43. The van der Waals surface area contributed by atoms with Crippen molar-refractivity contribution in [2.75, 3.05) is 19.6 Å². The van der Waals surface area contributed by atoms with Crippen LogP contribution in [0.1, 0.15) is 40.6 Å². The largest absolute Gasteiger partial charge is 0.343 e. The number of aryl methyl sites for hydroxylation is 1. The summed E-state index contributed by atoms with van der Waals surface area (Å²) >= 11 is 6.20. The fourth-order valence-electron chi connectivity index (χ4n) is 3.59. The Morgan fingerprint density at radius 3 is 2.61 bits per heavy atom. The van der Waals surface area contributed by atoms with Gasteiger partial charge in [-0.05, 0) is 43.5 Å². The van der Waals surface area contributed by atoms with Crippen LogP contribution in [-0.2, 0) is 4.79 Å². The summed E-state index contributed by atoms with van der Waals surface area (Å²) < 4.78 is 5.49. The molecule has 1 aromatic heterocycles. The first-order valence-corrected chi connectivity index (χ1v) is 10.6. The number of nitrogens with one attached hydrogen (secondary N) is 1. The second-order valence-electron chi connectivity index (χ2n) is 7.62. The van der Waals surface area contributed by atoms with Crippen molar-refractivity contribution in [1.82, 2.24) is 20.4 Å². The third kappa shape index (κ3) is 4.94. The Morgan fingerprint density at radius 1 is 1.16 bits per heavy atom. The van der Waals surface area contributed by atoms with Gasteiger partial charge in [0.25, 0.3) is 5.91 Å². The summed E-state index contributed by atoms with van der Waals surface area (Å²) in [4.78, 5) is 30.9. The van der Waals surface area contributed by atoms with Gasteiger partial charge in [-0.3, -0.25) is 9.59 Å². The van der Waals surface area contributed by atoms with E-state index in [1.165, 1.54) is 0 Å². The topological polar surface area (TPSA) is 88.3 Å². The van der Waals surface area contributed by atoms with Crippen LogP contribution in [0.4, 0.5) is 0 Å². The molecule has 8 heteroatoms. The summed E-state index contributed by atoms with van der Waals surface area (Å²) in [5.74, 6) is 0.849. The summed E-state index contributed by atoms with van der Waals surface area (Å²) in [6, 6.07) is 14.5. The van der Waals surface area contributed by atoms with E-state index in [2.05, 4.69) is 15.5 Å². The number of amides is 2. The minimum Gasteiger partial charge on any atom is -0.343 e. The van der Waals surface area contributed by atoms with Crippen molar-refractivity contribution >= 4 is 23.4 Å². The highest BCUT2D eigenvalue weighted by Gasteiger charge is 2.27. The van der Waals surface area contributed by atoms with Gasteiger partial charge in [-0.2, -0.15) is 4.98 Å². The molecule has 7 nitrogen and oxygen atoms in total. The number of carbonyl (C=O) groups is 2. The molecule has 1 N–H and O–H groups in total. The van der Waals surface area contributed by atoms with Gasteiger partial charge >= 0.3 is 0 Å². The summed E-state index contributed by atoms with van der Waals surface area (Å²) in [6.07, 6.45) is 1.46. The van der Waals surface area contributed by atoms with Crippen LogP contribution in [0.2, 0.25) is 5.02 Å². The van der Waals surface area contributed by atoms with E-state index in [-0.39, 0.29) is 24.3 Å². The standard InChI is InChI=1S/C23H23ClN4O3/c1-15-7-8-18(13-19(15)24)21-26-23(31-27-21)17-9-11-28(12-10-17)20(29)14-25-22(30)16-5-3-2-4-6-16/h2-8,13,17H,9-12,14H2,1H3,(H,25,30). The average molecular weight is 439 g/mol. The van der Waals surface area contributed by atoms with Gasteiger partial charge in [0.15, 0.2) is 0 Å². The number of carbonyl (C=O) groups excluding carboxylic acids is 2. The number of piperidine rings is 1. The van der Waals surface area contributed by atoms with Gasteiger partial charge in [0.05, 0.1) is 6.54 Å². The molecule has 1 saturated heterocycles. The maximum absolute atomic E-state index is 12.5. The van der Waals surface area contributed by atoms with Crippen molar-refractivity contribution in [2.24, 2.45) is 0 Å². The highest BCUT2D eigenvalue weighted by molar-refractivity contribution is 6.31. The van der Waals surface area contributed by atoms with Crippen LogP contribution in [0.25, 0.3) is 11.4 Å². The van der Waals surface area contributed by atoms with Gasteiger partial charge in [0.2, 0.25) is 17.6 Å². The van der Waals surface area contributed by atoms with Crippen LogP contribution in [0.15, 0.2) is 53.1 Å². The van der Waals surface area contributed by atoms with E-state index in [1.54, 1.807) is 29.2 Å². The van der Waals surface area contributed by atoms with Crippen LogP contribution >= 0.6 is 11.6 Å². The summed E-state index contributed by atoms with van der Waals surface area (Å²) in [6.45, 7) is 3.09. The first-order chi connectivity index (χ1) is 15.0. The van der Waals surface area contributed by atoms with Crippen molar-refractivity contribution in [2.45, 2.75) is 25.7 Å². The monoisotopic (exact) mass is 438 g/mol. The lowest BCUT2D eigenvalue weighted by Gasteiger charge is -2.30. The third-order valence-electron chi connectivity index (χ3n) is 5.50. The quantitative estimate of drug-likeness (QED) is 0.653. The van der Waals surface area contributed by atoms with Crippen LogP contribution < -0.4 is 5.32 Å². The molecule has 160 valence electrons. The number of halogens is 1. The Balaban J connectivity index is 1.29. The fourth-order valence-corrected chi connectivity index (χ4v) is 3.77. The van der Waals surface area contributed by atoms with Crippen LogP contribution in [0, 0.1) is 6.92 Å². The Labute approximate surface area is 185 Å². The molecule has 0 spiro atoms. The second-order valence-corrected chi connectivity index (χ2v) is 8.03. The lowest BCUT2D eigenvalue weighted by atomic mass is 9.96. The molecule has 31 heavy (non-hydrogen) atoms. The smallest absolute Gasteiger partial charge is 0.251 e. The molecule has 3 aromatic rings. The highest BCUT2D eigenvalue weighted by Crippen LogP contribution is 2.29. The molecule has 4 rings (SSSR count). The Morgan fingerprint density at radius 2 is 1.90 bits per heavy atom. The molecular weight excluding hydrogens is 416 g/mol. The minimum atomic E-state index is -0.251. The van der Waals surface area contributed by atoms with Gasteiger partial charge < -0.3 is 14.7 Å². The molecular formula is C23H23ClN4O3. The molecule has 1 fully saturated rings. The van der Waals surface area contributed by atoms with E-state index < -0.39 is 0 Å². The maximum atomic E-state index is 12.5. The zero-order valence-electron chi connectivity index (χ0n) is 17.2. The number of benzene rings is 2. The number of likely N-dealkylation sites (tertiary alicyclic amines) is 1. The molecule has 0 bridgehead atoms. The van der Waals surface area contributed by atoms with E-state index >= 15 is 0 Å². The SMILES string of the molecule is Cc1ccc(-c2noc(C3CCN(C(=O)CNC(=O)c4ccccc4)CC3)n2)cc1Cl. The first-order valence-electron chi connectivity index (χ1n) is 10.2. The third-order valence-corrected chi connectivity index (χ3v) is 5.91. The number of hydrogen-bond acceptors (Lipinski definition) is 5. The van der Waals surface area contributed by atoms with Crippen molar-refractivity contribution in [3.63, 3.8) is 0 Å². The molecule has 0 saturated carbocycles. The number of nitrogens with zero attached hydrogens (tertiary/aromatic N) is 3. The predicted molar refractivity (Wildman–Crippen MR) is 117 cm³/mol. The Bertz CT molecular complexity index is 1080. The molecule has 0 unspecified atom stereocenters. The van der Waals surface area contributed by atoms with Gasteiger partial charge in [-0.1, -0.05) is 47.1 Å². The van der Waals surface area contributed by atoms with E-state index in [4.69, 9.17) is 16.1 Å². The van der Waals surface area contributed by atoms with Crippen LogP contribution in [0.3, 0.4) is 0 Å². The Kier molecular flexibility index (Phi) is 6.32. The number of aromatic nitrogens is 2. The molecule has 2 amide bonds. The molecule has 0 aliphatic carbocycles. The van der Waals surface area contributed by atoms with E-state index in [0.717, 1.165) is 24.0 Å². The molecule has 1 aliphatic rings. The van der Waals surface area contributed by atoms with Gasteiger partial charge in [0, 0.05) is 35.2 Å². The molecule has 0 atom stereocenters. The van der Waals surface area contributed by atoms with Gasteiger partial charge in [0.1, 0.15) is 0 Å². The van der Waals surface area contributed by atoms with Crippen molar-refractivity contribution in [3.8, 4) is 11.4 Å². The summed E-state index contributed by atoms with van der Waals surface area (Å²) in [5.41, 5.74) is 2.34. The zero-order valence-corrected chi connectivity index (χ0v) is 17.9. The normalized spacial score (nSPS) is 14.5. The fraction of sp³-hybridized carbons (Fsp3) is 0.304. The van der Waals surface area contributed by atoms with Crippen molar-refractivity contribution in [3.05, 3.63) is 70.6 Å². The number of hydrogen-bond donors (Lipinski definition) is 1. The van der Waals surface area contributed by atoms with Crippen molar-refractivity contribution in [1.29, 1.82) is 0 Å². The second kappa shape index (κ2) is 9.31. The Hall–Kier alpha value is -3.19. The van der Waals surface area contributed by atoms with Crippen LogP contribution in [0.5, 0.6) is 0 Å². The molecule has 2 heterocycles. The van der Waals surface area contributed by atoms with E-state index in [1.807, 2.05) is 31.2 Å². The highest BCUT2D eigenvalue weighted by atomic mass is 35.5. The van der Waals surface area contributed by atoms with Crippen LogP contribution in [-0.4, -0.2) is 46.5 Å². The van der Waals surface area contributed by atoms with E-state index in [9.17, 15) is 9.59 Å². The lowest BCUT2D eigenvalue weighted by molar-refractivity contribution is -0.131. The minimum absolute atomic E-state index is 0.0166.